The topological polar surface area (TPSA) is 6.48 Å². The lowest BCUT2D eigenvalue weighted by Gasteiger charge is -2.36. The summed E-state index contributed by atoms with van der Waals surface area (Å²) in [6.45, 7) is 0. The number of anilines is 6. The minimum atomic E-state index is -0.599. The number of thiophene rings is 1. The van der Waals surface area contributed by atoms with Crippen molar-refractivity contribution in [2.75, 3.05) is 9.80 Å². The zero-order valence-corrected chi connectivity index (χ0v) is 34.6. The average Bonchev–Trinajstić information content (AvgIpc) is 3.98. The third-order valence-corrected chi connectivity index (χ3v) is 14.3. The van der Waals surface area contributed by atoms with Crippen molar-refractivity contribution in [3.05, 3.63) is 253 Å². The molecule has 2 aliphatic carbocycles. The van der Waals surface area contributed by atoms with Crippen LogP contribution >= 0.6 is 11.3 Å². The zero-order valence-electron chi connectivity index (χ0n) is 33.7. The molecule has 10 aromatic carbocycles. The van der Waals surface area contributed by atoms with Gasteiger partial charge in [0.15, 0.2) is 0 Å². The first-order valence-electron chi connectivity index (χ1n) is 21.4. The first-order valence-corrected chi connectivity index (χ1v) is 22.2. The molecule has 11 aromatic rings. The molecular weight excluding hydrogens is 769 g/mol. The van der Waals surface area contributed by atoms with Gasteiger partial charge < -0.3 is 9.80 Å². The van der Waals surface area contributed by atoms with Crippen LogP contribution in [-0.2, 0) is 5.41 Å². The standard InChI is InChI=1S/C59H38N2S/c1-4-20-40(21-5-1)60(41-22-6-2-7-23-41)53-37-39-19-10-11-26-44(39)56-46-28-13-16-31-50(46)59(58(53)56)49-30-15-12-27-45(49)48-38-43(35-36-51(48)59)61(42-24-8-3-9-25-42)52-32-18-34-55-57(52)47-29-14-17-33-54(47)62-55/h1-38H. The van der Waals surface area contributed by atoms with Gasteiger partial charge in [0, 0.05) is 48.5 Å². The lowest BCUT2D eigenvalue weighted by atomic mass is 9.69. The van der Waals surface area contributed by atoms with Gasteiger partial charge in [-0.2, -0.15) is 0 Å². The van der Waals surface area contributed by atoms with Crippen molar-refractivity contribution < 1.29 is 0 Å². The van der Waals surface area contributed by atoms with E-state index in [0.717, 1.165) is 22.7 Å². The van der Waals surface area contributed by atoms with E-state index in [1.54, 1.807) is 0 Å². The fourth-order valence-corrected chi connectivity index (χ4v) is 12.0. The van der Waals surface area contributed by atoms with Crippen molar-refractivity contribution in [2.24, 2.45) is 0 Å². The Kier molecular flexibility index (Phi) is 7.72. The van der Waals surface area contributed by atoms with Gasteiger partial charge in [-0.1, -0.05) is 158 Å². The highest BCUT2D eigenvalue weighted by molar-refractivity contribution is 7.26. The van der Waals surface area contributed by atoms with Gasteiger partial charge in [0.25, 0.3) is 0 Å². The van der Waals surface area contributed by atoms with Gasteiger partial charge in [-0.15, -0.1) is 11.3 Å². The van der Waals surface area contributed by atoms with Crippen LogP contribution in [0.15, 0.2) is 231 Å². The highest BCUT2D eigenvalue weighted by Crippen LogP contribution is 2.67. The van der Waals surface area contributed by atoms with E-state index in [9.17, 15) is 0 Å². The van der Waals surface area contributed by atoms with Crippen LogP contribution in [0.1, 0.15) is 22.3 Å². The fourth-order valence-electron chi connectivity index (χ4n) is 10.8. The molecule has 2 nitrogen and oxygen atoms in total. The first kappa shape index (κ1) is 35.1. The van der Waals surface area contributed by atoms with Crippen LogP contribution < -0.4 is 9.80 Å². The highest BCUT2D eigenvalue weighted by Gasteiger charge is 2.54. The van der Waals surface area contributed by atoms with E-state index in [4.69, 9.17) is 0 Å². The molecule has 2 aliphatic rings. The van der Waals surface area contributed by atoms with Crippen LogP contribution in [0.2, 0.25) is 0 Å². The molecule has 13 rings (SSSR count). The summed E-state index contributed by atoms with van der Waals surface area (Å²) >= 11 is 1.86. The number of benzene rings is 10. The van der Waals surface area contributed by atoms with Crippen molar-refractivity contribution in [1.29, 1.82) is 0 Å². The molecule has 0 saturated heterocycles. The van der Waals surface area contributed by atoms with E-state index in [1.807, 2.05) is 11.3 Å². The lowest BCUT2D eigenvalue weighted by molar-refractivity contribution is 0.793. The van der Waals surface area contributed by atoms with Gasteiger partial charge in [-0.25, -0.2) is 0 Å². The maximum absolute atomic E-state index is 2.48. The number of para-hydroxylation sites is 3. The molecule has 0 bridgehead atoms. The summed E-state index contributed by atoms with van der Waals surface area (Å²) in [6, 6.07) is 85.3. The number of nitrogens with zero attached hydrogens (tertiary/aromatic N) is 2. The van der Waals surface area contributed by atoms with Gasteiger partial charge >= 0.3 is 0 Å². The Morgan fingerprint density at radius 3 is 1.58 bits per heavy atom. The third-order valence-electron chi connectivity index (χ3n) is 13.2. The van der Waals surface area contributed by atoms with Crippen LogP contribution in [0.25, 0.3) is 53.2 Å². The van der Waals surface area contributed by atoms with E-state index in [-0.39, 0.29) is 0 Å². The van der Waals surface area contributed by atoms with Crippen LogP contribution in [0.4, 0.5) is 34.1 Å². The molecule has 0 N–H and O–H groups in total. The molecular formula is C59H38N2S. The monoisotopic (exact) mass is 806 g/mol. The number of hydrogen-bond donors (Lipinski definition) is 0. The van der Waals surface area contributed by atoms with Gasteiger partial charge in [0.1, 0.15) is 0 Å². The van der Waals surface area contributed by atoms with Gasteiger partial charge in [-0.05, 0) is 123 Å². The van der Waals surface area contributed by atoms with Gasteiger partial charge in [0.05, 0.1) is 16.8 Å². The van der Waals surface area contributed by atoms with E-state index in [2.05, 4.69) is 240 Å². The predicted octanol–water partition coefficient (Wildman–Crippen LogP) is 16.5. The Bertz CT molecular complexity index is 3500. The highest BCUT2D eigenvalue weighted by atomic mass is 32.1. The molecule has 0 amide bonds. The molecule has 0 aliphatic heterocycles. The lowest BCUT2D eigenvalue weighted by Crippen LogP contribution is -2.28. The van der Waals surface area contributed by atoms with Crippen molar-refractivity contribution in [3.63, 3.8) is 0 Å². The molecule has 1 spiro atoms. The number of rotatable bonds is 6. The Morgan fingerprint density at radius 2 is 0.871 bits per heavy atom. The zero-order chi connectivity index (χ0) is 40.8. The normalized spacial score (nSPS) is 14.5. The Balaban J connectivity index is 1.13. The van der Waals surface area contributed by atoms with E-state index < -0.39 is 5.41 Å². The summed E-state index contributed by atoms with van der Waals surface area (Å²) in [5.74, 6) is 0. The molecule has 1 aromatic heterocycles. The minimum Gasteiger partial charge on any atom is -0.310 e. The third kappa shape index (κ3) is 4.91. The van der Waals surface area contributed by atoms with Crippen molar-refractivity contribution in [2.45, 2.75) is 5.41 Å². The maximum Gasteiger partial charge on any atom is 0.0746 e. The first-order chi connectivity index (χ1) is 30.8. The second-order valence-corrected chi connectivity index (χ2v) is 17.4. The van der Waals surface area contributed by atoms with Crippen molar-refractivity contribution >= 4 is 76.4 Å². The summed E-state index contributed by atoms with van der Waals surface area (Å²) in [5.41, 5.74) is 16.6. The molecule has 1 unspecified atom stereocenters. The Hall–Kier alpha value is -7.72. The van der Waals surface area contributed by atoms with E-state index in [1.165, 1.54) is 86.8 Å². The summed E-state index contributed by atoms with van der Waals surface area (Å²) in [6.07, 6.45) is 0. The second kappa shape index (κ2) is 13.7. The summed E-state index contributed by atoms with van der Waals surface area (Å²) in [5, 5.41) is 5.06. The molecule has 62 heavy (non-hydrogen) atoms. The van der Waals surface area contributed by atoms with Crippen LogP contribution in [0, 0.1) is 0 Å². The largest absolute Gasteiger partial charge is 0.310 e. The molecule has 0 radical (unpaired) electrons. The summed E-state index contributed by atoms with van der Waals surface area (Å²) in [7, 11) is 0. The quantitative estimate of drug-likeness (QED) is 0.165. The molecule has 0 saturated carbocycles. The average molecular weight is 807 g/mol. The van der Waals surface area contributed by atoms with E-state index >= 15 is 0 Å². The van der Waals surface area contributed by atoms with Crippen LogP contribution in [0.5, 0.6) is 0 Å². The SMILES string of the molecule is c1ccc(N(c2ccccc2)c2cc3ccccc3c3c2C2(c4ccccc4-c4cc(N(c5ccccc5)c5cccc6sc7ccccc7c56)ccc42)c2ccccc2-3)cc1. The number of fused-ring (bicyclic) bond motifs is 15. The van der Waals surface area contributed by atoms with Crippen molar-refractivity contribution in [1.82, 2.24) is 0 Å². The molecule has 1 heterocycles. The number of hydrogen-bond acceptors (Lipinski definition) is 3. The molecule has 290 valence electrons. The second-order valence-electron chi connectivity index (χ2n) is 16.4. The fraction of sp³-hybridized carbons (Fsp3) is 0.0169. The van der Waals surface area contributed by atoms with Gasteiger partial charge in [-0.3, -0.25) is 0 Å². The maximum atomic E-state index is 2.48. The predicted molar refractivity (Wildman–Crippen MR) is 263 cm³/mol. The smallest absolute Gasteiger partial charge is 0.0746 e. The summed E-state index contributed by atoms with van der Waals surface area (Å²) < 4.78 is 2.59. The van der Waals surface area contributed by atoms with Crippen LogP contribution in [-0.4, -0.2) is 0 Å². The van der Waals surface area contributed by atoms with Crippen LogP contribution in [0.3, 0.4) is 0 Å². The molecule has 3 heteroatoms. The minimum absolute atomic E-state index is 0.599. The van der Waals surface area contributed by atoms with Crippen molar-refractivity contribution in [3.8, 4) is 22.3 Å². The van der Waals surface area contributed by atoms with E-state index in [0.29, 0.717) is 0 Å². The Labute approximate surface area is 364 Å². The molecule has 1 atom stereocenters. The molecule has 0 fully saturated rings. The summed E-state index contributed by atoms with van der Waals surface area (Å²) in [4.78, 5) is 4.95. The Morgan fingerprint density at radius 1 is 0.339 bits per heavy atom. The van der Waals surface area contributed by atoms with Gasteiger partial charge in [0.2, 0.25) is 0 Å².